The molecule has 0 saturated heterocycles. The van der Waals surface area contributed by atoms with Crippen LogP contribution in [0.1, 0.15) is 71.0 Å². The summed E-state index contributed by atoms with van der Waals surface area (Å²) in [5.41, 5.74) is 21.9. The maximum atomic E-state index is 16.8. The highest BCUT2D eigenvalue weighted by molar-refractivity contribution is 5.93. The number of anilines is 4. The summed E-state index contributed by atoms with van der Waals surface area (Å²) < 4.78 is 64.8. The van der Waals surface area contributed by atoms with Crippen molar-refractivity contribution in [2.75, 3.05) is 9.80 Å². The first kappa shape index (κ1) is 46.6. The molecule has 0 spiro atoms. The van der Waals surface area contributed by atoms with Crippen molar-refractivity contribution in [3.63, 3.8) is 0 Å². The van der Waals surface area contributed by atoms with Crippen LogP contribution in [0.15, 0.2) is 228 Å². The van der Waals surface area contributed by atoms with E-state index in [1.165, 1.54) is 6.08 Å². The van der Waals surface area contributed by atoms with Gasteiger partial charge in [-0.1, -0.05) is 152 Å². The zero-order valence-corrected chi connectivity index (χ0v) is 41.4. The monoisotopic (exact) mass is 972 g/mol. The van der Waals surface area contributed by atoms with Crippen LogP contribution in [-0.4, -0.2) is 6.04 Å². The molecule has 3 atom stereocenters. The van der Waals surface area contributed by atoms with E-state index in [0.717, 1.165) is 102 Å². The second-order valence-corrected chi connectivity index (χ2v) is 20.2. The van der Waals surface area contributed by atoms with E-state index in [2.05, 4.69) is 167 Å². The average molecular weight is 973 g/mol. The summed E-state index contributed by atoms with van der Waals surface area (Å²) in [6.45, 7) is 10.5. The van der Waals surface area contributed by atoms with Crippen molar-refractivity contribution in [2.24, 2.45) is 5.92 Å². The molecule has 3 unspecified atom stereocenters. The largest absolute Gasteiger partial charge is 0.330 e. The Morgan fingerprint density at radius 3 is 2.00 bits per heavy atom. The Morgan fingerprint density at radius 1 is 0.622 bits per heavy atom. The smallest absolute Gasteiger partial charge is 0.182 e. The quantitative estimate of drug-likeness (QED) is 0.0997. The lowest BCUT2D eigenvalue weighted by molar-refractivity contribution is 0.472. The van der Waals surface area contributed by atoms with Gasteiger partial charge in [0.15, 0.2) is 23.3 Å². The SMILES string of the molecule is C=C1C=CC(c2cc(-c3ccc(C)cc3)cc(N(C3=CC=C4C=Cc5c(N(c6cc(C7=CCC(C)C=C7)cc(-c7ccc(C)cc7)c6)c6cccc(F)c6F)ccc6c5C4C3=C=C6)C3CC=CC(F)=C3F)c2)=CC1. The van der Waals surface area contributed by atoms with Gasteiger partial charge in [-0.15, -0.1) is 5.73 Å². The van der Waals surface area contributed by atoms with E-state index in [9.17, 15) is 0 Å². The first-order valence-corrected chi connectivity index (χ1v) is 25.3. The summed E-state index contributed by atoms with van der Waals surface area (Å²) in [6.07, 6.45) is 27.7. The predicted molar refractivity (Wildman–Crippen MR) is 298 cm³/mol. The van der Waals surface area contributed by atoms with Crippen molar-refractivity contribution in [1.29, 1.82) is 0 Å². The molecule has 0 saturated carbocycles. The lowest BCUT2D eigenvalue weighted by Crippen LogP contribution is -2.38. The number of benzene rings is 6. The molecule has 0 N–H and O–H groups in total. The predicted octanol–water partition coefficient (Wildman–Crippen LogP) is 18.7. The first-order chi connectivity index (χ1) is 35.9. The van der Waals surface area contributed by atoms with Crippen LogP contribution in [0.2, 0.25) is 0 Å². The van der Waals surface area contributed by atoms with Gasteiger partial charge >= 0.3 is 0 Å². The van der Waals surface area contributed by atoms with Crippen LogP contribution in [0.4, 0.5) is 40.3 Å². The Balaban J connectivity index is 1.04. The van der Waals surface area contributed by atoms with Crippen molar-refractivity contribution in [3.05, 3.63) is 279 Å². The van der Waals surface area contributed by atoms with Gasteiger partial charge in [0.05, 0.1) is 23.1 Å². The third-order valence-corrected chi connectivity index (χ3v) is 15.1. The number of allylic oxidation sites excluding steroid dienone is 16. The molecule has 0 radical (unpaired) electrons. The minimum absolute atomic E-state index is 0.0633. The number of hydrogen-bond donors (Lipinski definition) is 0. The third kappa shape index (κ3) is 8.45. The van der Waals surface area contributed by atoms with Gasteiger partial charge in [-0.05, 0) is 173 Å². The molecule has 6 aliphatic carbocycles. The fourth-order valence-electron chi connectivity index (χ4n) is 11.1. The Kier molecular flexibility index (Phi) is 11.9. The number of halogens is 4. The molecule has 0 heterocycles. The van der Waals surface area contributed by atoms with Gasteiger partial charge in [0.25, 0.3) is 0 Å². The van der Waals surface area contributed by atoms with Gasteiger partial charge in [-0.3, -0.25) is 0 Å². The maximum Gasteiger partial charge on any atom is 0.182 e. The van der Waals surface area contributed by atoms with Gasteiger partial charge in [0.1, 0.15) is 0 Å². The summed E-state index contributed by atoms with van der Waals surface area (Å²) in [6, 6.07) is 36.6. The van der Waals surface area contributed by atoms with E-state index < -0.39 is 35.2 Å². The fraction of sp³-hybridized carbons (Fsp3) is 0.132. The van der Waals surface area contributed by atoms with E-state index >= 15 is 17.6 Å². The van der Waals surface area contributed by atoms with E-state index in [1.807, 2.05) is 40.2 Å². The van der Waals surface area contributed by atoms with Gasteiger partial charge in [-0.25, -0.2) is 17.6 Å². The second kappa shape index (κ2) is 18.9. The molecule has 0 bridgehead atoms. The summed E-state index contributed by atoms with van der Waals surface area (Å²) in [7, 11) is 0. The molecule has 0 aliphatic heterocycles. The fourth-order valence-corrected chi connectivity index (χ4v) is 11.1. The molecule has 6 aromatic rings. The number of hydrogen-bond acceptors (Lipinski definition) is 2. The lowest BCUT2D eigenvalue weighted by Gasteiger charge is -2.41. The Bertz CT molecular complexity index is 3730. The van der Waals surface area contributed by atoms with Gasteiger partial charge in [0.2, 0.25) is 0 Å². The molecule has 0 fully saturated rings. The van der Waals surface area contributed by atoms with Crippen molar-refractivity contribution in [1.82, 2.24) is 0 Å². The van der Waals surface area contributed by atoms with E-state index in [4.69, 9.17) is 0 Å². The van der Waals surface area contributed by atoms with Crippen LogP contribution in [-0.2, 0) is 0 Å². The van der Waals surface area contributed by atoms with E-state index in [0.29, 0.717) is 35.1 Å². The van der Waals surface area contributed by atoms with Crippen molar-refractivity contribution < 1.29 is 17.6 Å². The minimum atomic E-state index is -1.02. The maximum absolute atomic E-state index is 16.8. The number of aryl methyl sites for hydroxylation is 2. The Morgan fingerprint density at radius 2 is 1.31 bits per heavy atom. The topological polar surface area (TPSA) is 6.48 Å². The molecule has 6 aliphatic rings. The normalized spacial score (nSPS) is 19.1. The molecular weight excluding hydrogens is 921 g/mol. The van der Waals surface area contributed by atoms with Crippen LogP contribution >= 0.6 is 0 Å². The molecule has 362 valence electrons. The summed E-state index contributed by atoms with van der Waals surface area (Å²) >= 11 is 0. The lowest BCUT2D eigenvalue weighted by atomic mass is 9.71. The van der Waals surface area contributed by atoms with Gasteiger partial charge in [0, 0.05) is 28.4 Å². The van der Waals surface area contributed by atoms with Crippen LogP contribution in [0.5, 0.6) is 0 Å². The molecule has 6 aromatic carbocycles. The van der Waals surface area contributed by atoms with Crippen molar-refractivity contribution >= 4 is 46.0 Å². The summed E-state index contributed by atoms with van der Waals surface area (Å²) in [4.78, 5) is 3.79. The van der Waals surface area contributed by atoms with Gasteiger partial charge in [-0.2, -0.15) is 0 Å². The Hall–Kier alpha value is -8.44. The number of rotatable bonds is 10. The van der Waals surface area contributed by atoms with Crippen molar-refractivity contribution in [2.45, 2.75) is 52.0 Å². The molecule has 0 amide bonds. The number of nitrogens with zero attached hydrogens (tertiary/aromatic N) is 2. The zero-order chi connectivity index (χ0) is 50.8. The minimum Gasteiger partial charge on any atom is -0.330 e. The highest BCUT2D eigenvalue weighted by Crippen LogP contribution is 2.54. The van der Waals surface area contributed by atoms with Crippen LogP contribution in [0, 0.1) is 31.4 Å². The molecule has 0 aromatic heterocycles. The van der Waals surface area contributed by atoms with Crippen LogP contribution in [0.25, 0.3) is 45.6 Å². The van der Waals surface area contributed by atoms with Crippen LogP contribution < -0.4 is 9.80 Å². The van der Waals surface area contributed by atoms with E-state index in [1.54, 1.807) is 18.2 Å². The molecule has 2 nitrogen and oxygen atoms in total. The average Bonchev–Trinajstić information content (AvgIpc) is 3.44. The highest BCUT2D eigenvalue weighted by Gasteiger charge is 2.40. The van der Waals surface area contributed by atoms with Crippen molar-refractivity contribution in [3.8, 4) is 22.3 Å². The zero-order valence-electron chi connectivity index (χ0n) is 41.4. The van der Waals surface area contributed by atoms with Gasteiger partial charge < -0.3 is 9.80 Å². The Labute approximate surface area is 430 Å². The second-order valence-electron chi connectivity index (χ2n) is 20.2. The highest BCUT2D eigenvalue weighted by atomic mass is 19.2. The molecule has 74 heavy (non-hydrogen) atoms. The summed E-state index contributed by atoms with van der Waals surface area (Å²) in [5.74, 6) is -3.67. The van der Waals surface area contributed by atoms with Crippen LogP contribution in [0.3, 0.4) is 0 Å². The molecule has 6 heteroatoms. The molecular formula is C68H52F4N2. The third-order valence-electron chi connectivity index (χ3n) is 15.1. The first-order valence-electron chi connectivity index (χ1n) is 25.3. The van der Waals surface area contributed by atoms with E-state index in [-0.39, 0.29) is 12.1 Å². The summed E-state index contributed by atoms with van der Waals surface area (Å²) in [5, 5.41) is 0. The standard InChI is InChI=1S/C68H52F4N2/c1-41-11-19-45(20-12-41)51-35-52(46-21-13-42(2)14-22-46)38-55(37-51)73(63-9-5-7-59(69)67(63)71)61-33-29-49-28-32-58-62(34-30-50-27-31-57(61)65(49)66(50)58)74(64-10-6-8-60(70)68(64)72)56-39-53(47-23-15-43(3)16-24-47)36-54(40-56)48-25-17-44(4)18-26-48/h5-8,10-11,13-17,19-30,32-40,44,63,65H,1,9,12,18H2,2-4H3. The molecule has 12 rings (SSSR count).